The summed E-state index contributed by atoms with van der Waals surface area (Å²) in [6, 6.07) is 2.49. The molecule has 20 heavy (non-hydrogen) atoms. The number of rotatable bonds is 5. The Morgan fingerprint density at radius 3 is 2.80 bits per heavy atom. The zero-order valence-corrected chi connectivity index (χ0v) is 12.7. The van der Waals surface area contributed by atoms with Crippen LogP contribution in [-0.2, 0) is 0 Å². The third kappa shape index (κ3) is 2.77. The Morgan fingerprint density at radius 2 is 2.20 bits per heavy atom. The first-order chi connectivity index (χ1) is 9.58. The quantitative estimate of drug-likeness (QED) is 0.632. The van der Waals surface area contributed by atoms with E-state index in [1.165, 1.54) is 0 Å². The van der Waals surface area contributed by atoms with Crippen molar-refractivity contribution in [3.8, 4) is 0 Å². The first-order valence-corrected chi connectivity index (χ1v) is 7.37. The van der Waals surface area contributed by atoms with Gasteiger partial charge in [0.05, 0.1) is 5.56 Å². The minimum Gasteiger partial charge on any atom is -0.384 e. The van der Waals surface area contributed by atoms with E-state index in [-0.39, 0.29) is 5.84 Å². The molecule has 5 heteroatoms. The first kappa shape index (κ1) is 14.8. The van der Waals surface area contributed by atoms with Gasteiger partial charge in [-0.15, -0.1) is 0 Å². The molecule has 1 atom stereocenters. The van der Waals surface area contributed by atoms with Gasteiger partial charge in [-0.2, -0.15) is 0 Å². The van der Waals surface area contributed by atoms with Gasteiger partial charge < -0.3 is 10.6 Å². The van der Waals surface area contributed by atoms with E-state index in [1.54, 1.807) is 0 Å². The van der Waals surface area contributed by atoms with Gasteiger partial charge in [0.15, 0.2) is 0 Å². The zero-order chi connectivity index (χ0) is 14.7. The molecule has 1 aliphatic heterocycles. The highest BCUT2D eigenvalue weighted by molar-refractivity contribution is 6.01. The van der Waals surface area contributed by atoms with E-state index in [9.17, 15) is 0 Å². The summed E-state index contributed by atoms with van der Waals surface area (Å²) in [6.07, 6.45) is 2.95. The number of nitrogens with two attached hydrogens (primary N) is 1. The van der Waals surface area contributed by atoms with Crippen LogP contribution in [-0.4, -0.2) is 47.9 Å². The Bertz CT molecular complexity index is 481. The molecule has 0 aromatic carbocycles. The first-order valence-electron chi connectivity index (χ1n) is 7.37. The van der Waals surface area contributed by atoms with E-state index in [0.29, 0.717) is 6.04 Å². The van der Waals surface area contributed by atoms with Gasteiger partial charge in [0.2, 0.25) is 0 Å². The van der Waals surface area contributed by atoms with Crippen molar-refractivity contribution in [1.82, 2.24) is 9.88 Å². The minimum absolute atomic E-state index is 0.108. The van der Waals surface area contributed by atoms with Gasteiger partial charge in [0.25, 0.3) is 0 Å². The number of amidine groups is 1. The molecule has 1 aliphatic rings. The van der Waals surface area contributed by atoms with Crippen molar-refractivity contribution >= 4 is 11.7 Å². The molecule has 0 aliphatic carbocycles. The van der Waals surface area contributed by atoms with Crippen molar-refractivity contribution in [3.05, 3.63) is 23.4 Å². The van der Waals surface area contributed by atoms with Crippen LogP contribution in [0.1, 0.15) is 31.4 Å². The number of anilines is 1. The van der Waals surface area contributed by atoms with Crippen LogP contribution in [0.5, 0.6) is 0 Å². The average molecular weight is 275 g/mol. The summed E-state index contributed by atoms with van der Waals surface area (Å²) >= 11 is 0. The summed E-state index contributed by atoms with van der Waals surface area (Å²) in [6.45, 7) is 10.5. The monoisotopic (exact) mass is 275 g/mol. The number of aromatic nitrogens is 1. The fourth-order valence-electron chi connectivity index (χ4n) is 3.09. The number of hydrogen-bond acceptors (Lipinski definition) is 4. The molecular weight excluding hydrogens is 250 g/mol. The lowest BCUT2D eigenvalue weighted by Crippen LogP contribution is -2.37. The summed E-state index contributed by atoms with van der Waals surface area (Å²) in [7, 11) is 0. The van der Waals surface area contributed by atoms with E-state index < -0.39 is 0 Å². The Morgan fingerprint density at radius 1 is 1.50 bits per heavy atom. The second-order valence-corrected chi connectivity index (χ2v) is 5.35. The van der Waals surface area contributed by atoms with Gasteiger partial charge in [-0.05, 0) is 38.1 Å². The number of likely N-dealkylation sites (N-methyl/N-ethyl adjacent to an activating group) is 1. The molecule has 0 bridgehead atoms. The minimum atomic E-state index is 0.108. The van der Waals surface area contributed by atoms with Crippen molar-refractivity contribution in [2.45, 2.75) is 33.2 Å². The van der Waals surface area contributed by atoms with Crippen LogP contribution in [0.15, 0.2) is 12.3 Å². The molecule has 1 saturated heterocycles. The topological polar surface area (TPSA) is 69.2 Å². The van der Waals surface area contributed by atoms with Gasteiger partial charge in [0, 0.05) is 25.3 Å². The number of hydrogen-bond donors (Lipinski definition) is 2. The molecule has 1 fully saturated rings. The molecule has 1 unspecified atom stereocenters. The van der Waals surface area contributed by atoms with Gasteiger partial charge in [-0.3, -0.25) is 10.3 Å². The highest BCUT2D eigenvalue weighted by Gasteiger charge is 2.28. The van der Waals surface area contributed by atoms with E-state index in [2.05, 4.69) is 28.6 Å². The Balaban J connectivity index is 2.22. The number of nitrogen functional groups attached to an aromatic ring is 1. The highest BCUT2D eigenvalue weighted by Crippen LogP contribution is 2.26. The van der Waals surface area contributed by atoms with E-state index in [1.807, 2.05) is 19.2 Å². The SMILES string of the molecule is CCN(CC)C1CCN(c2nccc(C)c2C(=N)N)C1. The van der Waals surface area contributed by atoms with Gasteiger partial charge in [0.1, 0.15) is 11.7 Å². The van der Waals surface area contributed by atoms with Crippen LogP contribution in [0.2, 0.25) is 0 Å². The van der Waals surface area contributed by atoms with Crippen LogP contribution < -0.4 is 10.6 Å². The molecule has 110 valence electrons. The van der Waals surface area contributed by atoms with Gasteiger partial charge in [-0.25, -0.2) is 4.98 Å². The van der Waals surface area contributed by atoms with Gasteiger partial charge in [-0.1, -0.05) is 13.8 Å². The Hall–Kier alpha value is -1.62. The molecule has 2 rings (SSSR count). The maximum absolute atomic E-state index is 7.79. The maximum atomic E-state index is 7.79. The molecule has 0 spiro atoms. The van der Waals surface area contributed by atoms with Gasteiger partial charge >= 0.3 is 0 Å². The lowest BCUT2D eigenvalue weighted by molar-refractivity contribution is 0.232. The number of pyridine rings is 1. The summed E-state index contributed by atoms with van der Waals surface area (Å²) in [5.41, 5.74) is 7.54. The number of nitrogens with one attached hydrogen (secondary N) is 1. The summed E-state index contributed by atoms with van der Waals surface area (Å²) in [5.74, 6) is 0.976. The molecule has 3 N–H and O–H groups in total. The van der Waals surface area contributed by atoms with Crippen molar-refractivity contribution in [3.63, 3.8) is 0 Å². The van der Waals surface area contributed by atoms with Crippen LogP contribution in [0.25, 0.3) is 0 Å². The standard InChI is InChI=1S/C15H25N5/c1-4-19(5-2)12-7-9-20(10-12)15-13(14(16)17)11(3)6-8-18-15/h6,8,12H,4-5,7,9-10H2,1-3H3,(H3,16,17). The molecule has 1 aromatic rings. The van der Waals surface area contributed by atoms with Crippen LogP contribution in [0.3, 0.4) is 0 Å². The second kappa shape index (κ2) is 6.22. The zero-order valence-electron chi connectivity index (χ0n) is 12.7. The normalized spacial score (nSPS) is 18.8. The lowest BCUT2D eigenvalue weighted by atomic mass is 10.1. The van der Waals surface area contributed by atoms with E-state index in [4.69, 9.17) is 11.1 Å². The molecule has 0 saturated carbocycles. The fourth-order valence-corrected chi connectivity index (χ4v) is 3.09. The third-order valence-electron chi connectivity index (χ3n) is 4.20. The predicted molar refractivity (Wildman–Crippen MR) is 83.5 cm³/mol. The van der Waals surface area contributed by atoms with E-state index in [0.717, 1.165) is 49.5 Å². The highest BCUT2D eigenvalue weighted by atomic mass is 15.3. The fraction of sp³-hybridized carbons (Fsp3) is 0.600. The summed E-state index contributed by atoms with van der Waals surface area (Å²) in [5, 5.41) is 7.79. The summed E-state index contributed by atoms with van der Waals surface area (Å²) in [4.78, 5) is 9.23. The van der Waals surface area contributed by atoms with Crippen LogP contribution >= 0.6 is 0 Å². The van der Waals surface area contributed by atoms with Crippen molar-refractivity contribution < 1.29 is 0 Å². The van der Waals surface area contributed by atoms with Crippen LogP contribution in [0, 0.1) is 12.3 Å². The van der Waals surface area contributed by atoms with Crippen molar-refractivity contribution in [2.24, 2.45) is 5.73 Å². The summed E-state index contributed by atoms with van der Waals surface area (Å²) < 4.78 is 0. The van der Waals surface area contributed by atoms with Crippen molar-refractivity contribution in [1.29, 1.82) is 5.41 Å². The lowest BCUT2D eigenvalue weighted by Gasteiger charge is -2.27. The maximum Gasteiger partial charge on any atom is 0.139 e. The third-order valence-corrected chi connectivity index (χ3v) is 4.20. The molecule has 0 amide bonds. The number of aryl methyl sites for hydroxylation is 1. The second-order valence-electron chi connectivity index (χ2n) is 5.35. The molecule has 1 aromatic heterocycles. The van der Waals surface area contributed by atoms with Crippen molar-refractivity contribution in [2.75, 3.05) is 31.1 Å². The Kier molecular flexibility index (Phi) is 4.60. The largest absolute Gasteiger partial charge is 0.384 e. The van der Waals surface area contributed by atoms with E-state index >= 15 is 0 Å². The Labute approximate surface area is 121 Å². The predicted octanol–water partition coefficient (Wildman–Crippen LogP) is 1.59. The number of nitrogens with zero attached hydrogens (tertiary/aromatic N) is 3. The average Bonchev–Trinajstić information content (AvgIpc) is 2.89. The van der Waals surface area contributed by atoms with Crippen LogP contribution in [0.4, 0.5) is 5.82 Å². The smallest absolute Gasteiger partial charge is 0.139 e. The molecule has 0 radical (unpaired) electrons. The molecular formula is C15H25N5. The molecule has 5 nitrogen and oxygen atoms in total. The molecule has 2 heterocycles.